The van der Waals surface area contributed by atoms with Crippen LogP contribution >= 0.6 is 70.0 Å². The molecule has 0 radical (unpaired) electrons. The van der Waals surface area contributed by atoms with E-state index in [0.717, 1.165) is 75.6 Å². The fraction of sp³-hybridized carbons (Fsp3) is 0.568. The third-order valence-electron chi connectivity index (χ3n) is 12.3. The molecule has 0 N–H and O–H groups in total. The molecule has 0 spiro atoms. The van der Waals surface area contributed by atoms with Gasteiger partial charge in [0.25, 0.3) is 0 Å². The van der Waals surface area contributed by atoms with Gasteiger partial charge in [0.15, 0.2) is 0 Å². The maximum atomic E-state index is 10.4. The van der Waals surface area contributed by atoms with Crippen molar-refractivity contribution in [3.05, 3.63) is 108 Å². The van der Waals surface area contributed by atoms with E-state index in [2.05, 4.69) is 128 Å². The summed E-state index contributed by atoms with van der Waals surface area (Å²) < 4.78 is 0. The van der Waals surface area contributed by atoms with Gasteiger partial charge >= 0.3 is 78.2 Å². The standard InChI is InChI=1S/C16H15N2.2C10H16S.C6H15N.2CH3.5ClH.2Ti/c1-11-6-5-7-12(2)15(11)18-10-13-8-3-4-9-14(13)16(18)17;2*1-6-7(2)9-4-5-11-10(9)8(6)3;1-4-7(5-2)6-3;;;;;;;;;/h3-9H,10H2,1-2H3;2*4-10H,1-3H3;4-6H2,1-3H3;2*1H3;5*1H;;/q-1;;;;2*-1;;;;;;+2;+4/p-5. The summed E-state index contributed by atoms with van der Waals surface area (Å²) in [4.78, 5) is 4.37. The molecule has 3 aliphatic heterocycles. The number of para-hydroxylation sites is 1. The van der Waals surface area contributed by atoms with Crippen LogP contribution in [0.15, 0.2) is 65.4 Å². The SMILES string of the molecule is CC1C(C)C2C=CSC2C1C.CC1C(C)C2C=CSC2C1C.CCN(CC)CC.Cc1cccc(C)c1N1Cc2ccccc2C1=[N-].[CH3-].[CH3-].[Cl][Ti+]([Cl])[Cl].[Cl][Ti][Cl]. The molecule has 2 saturated carbocycles. The normalized spacial score (nSPS) is 28.1. The second-order valence-electron chi connectivity index (χ2n) is 14.9. The maximum absolute atomic E-state index is 10.4. The van der Waals surface area contributed by atoms with Crippen molar-refractivity contribution in [3.63, 3.8) is 0 Å². The van der Waals surface area contributed by atoms with E-state index in [0.29, 0.717) is 5.84 Å². The van der Waals surface area contributed by atoms with Crippen LogP contribution in [-0.2, 0) is 38.3 Å². The van der Waals surface area contributed by atoms with Crippen LogP contribution in [0.4, 0.5) is 5.69 Å². The second-order valence-corrected chi connectivity index (χ2v) is 27.4. The third-order valence-corrected chi connectivity index (χ3v) is 15.0. The third kappa shape index (κ3) is 16.0. The molecule has 0 aromatic heterocycles. The van der Waals surface area contributed by atoms with Crippen LogP contribution in [0.3, 0.4) is 0 Å². The molecule has 10 unspecified atom stereocenters. The first-order valence-corrected chi connectivity index (χ1v) is 31.9. The number of allylic oxidation sites excluding steroid dienone is 2. The zero-order valence-electron chi connectivity index (χ0n) is 36.0. The van der Waals surface area contributed by atoms with Crippen molar-refractivity contribution in [2.75, 3.05) is 24.5 Å². The van der Waals surface area contributed by atoms with Crippen LogP contribution in [0, 0.1) is 76.0 Å². The Kier molecular flexibility index (Phi) is 29.8. The molecular formula is C44H68Cl5N3S2Ti2-2. The molecule has 0 bridgehead atoms. The van der Waals surface area contributed by atoms with Crippen molar-refractivity contribution in [1.29, 1.82) is 0 Å². The molecule has 3 heterocycles. The zero-order chi connectivity index (χ0) is 40.7. The van der Waals surface area contributed by atoms with E-state index in [1.165, 1.54) is 36.3 Å². The summed E-state index contributed by atoms with van der Waals surface area (Å²) in [5.74, 6) is 7.59. The van der Waals surface area contributed by atoms with Gasteiger partial charge in [-0.25, -0.2) is 0 Å². The topological polar surface area (TPSA) is 28.8 Å². The number of anilines is 1. The summed E-state index contributed by atoms with van der Waals surface area (Å²) in [6.45, 7) is 29.5. The summed E-state index contributed by atoms with van der Waals surface area (Å²) in [5, 5.41) is 16.8. The predicted octanol–water partition coefficient (Wildman–Crippen LogP) is 15.6. The predicted molar refractivity (Wildman–Crippen MR) is 255 cm³/mol. The molecule has 2 fully saturated rings. The number of benzene rings is 2. The summed E-state index contributed by atoms with van der Waals surface area (Å²) in [6, 6.07) is 14.2. The van der Waals surface area contributed by atoms with Crippen LogP contribution in [-0.4, -0.2) is 40.9 Å². The summed E-state index contributed by atoms with van der Waals surface area (Å²) in [5.41, 5.74) is 5.62. The van der Waals surface area contributed by atoms with E-state index in [1.54, 1.807) is 0 Å². The molecule has 10 atom stereocenters. The first-order chi connectivity index (χ1) is 25.6. The van der Waals surface area contributed by atoms with E-state index >= 15 is 0 Å². The number of rotatable bonds is 4. The average molecular weight is 976 g/mol. The minimum absolute atomic E-state index is 0. The molecule has 2 aromatic carbocycles. The summed E-state index contributed by atoms with van der Waals surface area (Å²) in [6.07, 6.45) is 4.83. The summed E-state index contributed by atoms with van der Waals surface area (Å²) >= 11 is 1.62. The van der Waals surface area contributed by atoms with Gasteiger partial charge in [-0.05, 0) is 126 Å². The van der Waals surface area contributed by atoms with Gasteiger partial charge in [-0.3, -0.25) is 0 Å². The van der Waals surface area contributed by atoms with E-state index in [-0.39, 0.29) is 14.9 Å². The second kappa shape index (κ2) is 29.3. The number of thioether (sulfide) groups is 2. The van der Waals surface area contributed by atoms with Crippen LogP contribution in [0.5, 0.6) is 0 Å². The van der Waals surface area contributed by atoms with E-state index in [9.17, 15) is 5.41 Å². The van der Waals surface area contributed by atoms with Crippen molar-refractivity contribution in [3.8, 4) is 0 Å². The van der Waals surface area contributed by atoms with E-state index < -0.39 is 31.7 Å². The van der Waals surface area contributed by atoms with Gasteiger partial charge in [-0.15, -0.1) is 23.5 Å². The monoisotopic (exact) mass is 973 g/mol. The molecule has 0 amide bonds. The number of fused-ring (bicyclic) bond motifs is 3. The van der Waals surface area contributed by atoms with Crippen LogP contribution in [0.1, 0.15) is 84.6 Å². The molecule has 0 saturated heterocycles. The fourth-order valence-corrected chi connectivity index (χ4v) is 11.3. The van der Waals surface area contributed by atoms with Gasteiger partial charge < -0.3 is 30.1 Å². The Morgan fingerprint density at radius 2 is 1.09 bits per heavy atom. The first-order valence-electron chi connectivity index (χ1n) is 19.3. The van der Waals surface area contributed by atoms with Gasteiger partial charge in [-0.1, -0.05) is 123 Å². The fourth-order valence-electron chi connectivity index (χ4n) is 8.36. The van der Waals surface area contributed by atoms with Crippen molar-refractivity contribution in [2.45, 2.75) is 93.2 Å². The van der Waals surface area contributed by atoms with Crippen LogP contribution < -0.4 is 4.90 Å². The Bertz CT molecular complexity index is 1410. The Morgan fingerprint density at radius 1 is 0.696 bits per heavy atom. The number of hydrogen-bond acceptors (Lipinski definition) is 3. The first kappa shape index (κ1) is 56.9. The van der Waals surface area contributed by atoms with Crippen LogP contribution in [0.2, 0.25) is 0 Å². The molecule has 2 aromatic rings. The number of amidine groups is 1. The number of aryl methyl sites for hydroxylation is 2. The Labute approximate surface area is 387 Å². The molecular weight excluding hydrogens is 908 g/mol. The van der Waals surface area contributed by atoms with Crippen molar-refractivity contribution in [2.24, 2.45) is 47.3 Å². The van der Waals surface area contributed by atoms with E-state index in [4.69, 9.17) is 46.5 Å². The quantitative estimate of drug-likeness (QED) is 0.225. The Hall–Kier alpha value is 0.929. The number of nitrogens with zero attached hydrogens (tertiary/aromatic N) is 3. The van der Waals surface area contributed by atoms with Crippen LogP contribution in [0.25, 0.3) is 5.41 Å². The molecule has 56 heavy (non-hydrogen) atoms. The number of hydrogen-bond donors (Lipinski definition) is 0. The average Bonchev–Trinajstić information content (AvgIpc) is 3.96. The van der Waals surface area contributed by atoms with Gasteiger partial charge in [0.1, 0.15) is 0 Å². The molecule has 7 rings (SSSR count). The molecule has 3 nitrogen and oxygen atoms in total. The molecule has 316 valence electrons. The molecule has 12 heteroatoms. The number of halogens is 5. The van der Waals surface area contributed by atoms with Gasteiger partial charge in [0.05, 0.1) is 0 Å². The van der Waals surface area contributed by atoms with Gasteiger partial charge in [-0.2, -0.15) is 0 Å². The Morgan fingerprint density at radius 3 is 1.43 bits per heavy atom. The minimum atomic E-state index is -1.92. The van der Waals surface area contributed by atoms with Crippen molar-refractivity contribution in [1.82, 2.24) is 4.90 Å². The van der Waals surface area contributed by atoms with Crippen molar-refractivity contribution < 1.29 is 31.7 Å². The van der Waals surface area contributed by atoms with E-state index in [1.807, 2.05) is 46.6 Å². The molecule has 2 aliphatic carbocycles. The van der Waals surface area contributed by atoms with Crippen molar-refractivity contribution >= 4 is 81.6 Å². The molecule has 5 aliphatic rings. The zero-order valence-corrected chi connectivity index (χ0v) is 44.5. The summed E-state index contributed by atoms with van der Waals surface area (Å²) in [7, 11) is 24.7. The van der Waals surface area contributed by atoms with Gasteiger partial charge in [0.2, 0.25) is 0 Å². The Balaban J connectivity index is 0.000000703. The van der Waals surface area contributed by atoms with Gasteiger partial charge in [0, 0.05) is 10.5 Å².